The molecule has 0 bridgehead atoms. The minimum absolute atomic E-state index is 0.219. The fourth-order valence-electron chi connectivity index (χ4n) is 3.57. The van der Waals surface area contributed by atoms with E-state index in [0.717, 1.165) is 61.6 Å². The molecule has 1 amide bonds. The fourth-order valence-corrected chi connectivity index (χ4v) is 3.57. The summed E-state index contributed by atoms with van der Waals surface area (Å²) >= 11 is 0. The first-order valence-corrected chi connectivity index (χ1v) is 9.44. The van der Waals surface area contributed by atoms with E-state index < -0.39 is 0 Å². The molecule has 2 heterocycles. The number of piperidine rings is 1. The fraction of sp³-hybridized carbons (Fsp3) is 0.500. The standard InChI is InChI=1S/C20H28N4O2/c1-2-22-20(24-11-5-6-15(14-24)12-19(21)25)23-10-9-17-13-16-7-3-4-8-18(16)26-17/h3-4,7-8,13,15H,2,5-6,9-12,14H2,1H3,(H2,21,25)(H,22,23). The molecule has 140 valence electrons. The largest absolute Gasteiger partial charge is 0.461 e. The van der Waals surface area contributed by atoms with Crippen LogP contribution in [0.25, 0.3) is 11.0 Å². The number of carbonyl (C=O) groups is 1. The predicted molar refractivity (Wildman–Crippen MR) is 104 cm³/mol. The van der Waals surface area contributed by atoms with Gasteiger partial charge in [-0.15, -0.1) is 0 Å². The first kappa shape index (κ1) is 18.3. The number of primary amides is 1. The van der Waals surface area contributed by atoms with E-state index in [4.69, 9.17) is 15.1 Å². The lowest BCUT2D eigenvalue weighted by molar-refractivity contribution is -0.119. The summed E-state index contributed by atoms with van der Waals surface area (Å²) in [5.41, 5.74) is 6.29. The number of furan rings is 1. The van der Waals surface area contributed by atoms with Gasteiger partial charge in [-0.05, 0) is 37.8 Å². The van der Waals surface area contributed by atoms with E-state index in [1.807, 2.05) is 18.2 Å². The van der Waals surface area contributed by atoms with Crippen molar-refractivity contribution in [2.45, 2.75) is 32.6 Å². The van der Waals surface area contributed by atoms with E-state index in [9.17, 15) is 4.79 Å². The molecular formula is C20H28N4O2. The molecule has 1 unspecified atom stereocenters. The lowest BCUT2D eigenvalue weighted by Gasteiger charge is -2.34. The molecule has 1 aliphatic heterocycles. The van der Waals surface area contributed by atoms with E-state index >= 15 is 0 Å². The summed E-state index contributed by atoms with van der Waals surface area (Å²) in [6.45, 7) is 5.35. The van der Waals surface area contributed by atoms with Crippen molar-refractivity contribution in [2.75, 3.05) is 26.2 Å². The number of likely N-dealkylation sites (tertiary alicyclic amines) is 1. The number of amides is 1. The Labute approximate surface area is 154 Å². The number of fused-ring (bicyclic) bond motifs is 1. The van der Waals surface area contributed by atoms with E-state index in [0.29, 0.717) is 18.9 Å². The summed E-state index contributed by atoms with van der Waals surface area (Å²) in [7, 11) is 0. The van der Waals surface area contributed by atoms with Gasteiger partial charge in [0, 0.05) is 44.4 Å². The second-order valence-corrected chi connectivity index (χ2v) is 6.86. The Bertz CT molecular complexity index is 735. The monoisotopic (exact) mass is 356 g/mol. The van der Waals surface area contributed by atoms with Crippen LogP contribution in [0.4, 0.5) is 0 Å². The van der Waals surface area contributed by atoms with Crippen molar-refractivity contribution >= 4 is 22.8 Å². The van der Waals surface area contributed by atoms with Gasteiger partial charge in [0.15, 0.2) is 5.96 Å². The van der Waals surface area contributed by atoms with E-state index in [1.165, 1.54) is 0 Å². The highest BCUT2D eigenvalue weighted by molar-refractivity contribution is 5.80. The zero-order chi connectivity index (χ0) is 18.4. The van der Waals surface area contributed by atoms with Crippen LogP contribution in [0.1, 0.15) is 31.9 Å². The summed E-state index contributed by atoms with van der Waals surface area (Å²) in [4.78, 5) is 18.2. The molecule has 6 nitrogen and oxygen atoms in total. The molecule has 0 aliphatic carbocycles. The molecule has 1 aliphatic rings. The molecule has 3 rings (SSSR count). The van der Waals surface area contributed by atoms with Crippen LogP contribution in [0.3, 0.4) is 0 Å². The summed E-state index contributed by atoms with van der Waals surface area (Å²) in [6, 6.07) is 10.1. The summed E-state index contributed by atoms with van der Waals surface area (Å²) in [5.74, 6) is 1.97. The Morgan fingerprint density at radius 3 is 3.04 bits per heavy atom. The SMILES string of the molecule is CCNC(=NCCc1cc2ccccc2o1)N1CCCC(CC(N)=O)C1. The highest BCUT2D eigenvalue weighted by Crippen LogP contribution is 2.20. The lowest BCUT2D eigenvalue weighted by atomic mass is 9.95. The zero-order valence-corrected chi connectivity index (χ0v) is 15.4. The second-order valence-electron chi connectivity index (χ2n) is 6.86. The molecular weight excluding hydrogens is 328 g/mol. The Hall–Kier alpha value is -2.50. The van der Waals surface area contributed by atoms with Gasteiger partial charge in [-0.25, -0.2) is 0 Å². The number of guanidine groups is 1. The van der Waals surface area contributed by atoms with Crippen LogP contribution < -0.4 is 11.1 Å². The Kier molecular flexibility index (Phi) is 6.15. The molecule has 1 aromatic heterocycles. The van der Waals surface area contributed by atoms with Gasteiger partial charge in [-0.1, -0.05) is 18.2 Å². The number of rotatable bonds is 6. The molecule has 0 saturated carbocycles. The predicted octanol–water partition coefficient (Wildman–Crippen LogP) is 2.53. The maximum atomic E-state index is 11.2. The Morgan fingerprint density at radius 1 is 1.42 bits per heavy atom. The minimum atomic E-state index is -0.219. The lowest BCUT2D eigenvalue weighted by Crippen LogP contribution is -2.47. The topological polar surface area (TPSA) is 83.9 Å². The third-order valence-corrected chi connectivity index (χ3v) is 4.74. The number of benzene rings is 1. The molecule has 1 fully saturated rings. The number of carbonyl (C=O) groups excluding carboxylic acids is 1. The number of aliphatic imine (C=N–C) groups is 1. The third kappa shape index (κ3) is 4.77. The van der Waals surface area contributed by atoms with Crippen molar-refractivity contribution in [3.63, 3.8) is 0 Å². The molecule has 6 heteroatoms. The van der Waals surface area contributed by atoms with Crippen LogP contribution in [0.5, 0.6) is 0 Å². The minimum Gasteiger partial charge on any atom is -0.461 e. The van der Waals surface area contributed by atoms with Crippen molar-refractivity contribution in [2.24, 2.45) is 16.6 Å². The maximum absolute atomic E-state index is 11.2. The molecule has 26 heavy (non-hydrogen) atoms. The van der Waals surface area contributed by atoms with E-state index in [-0.39, 0.29) is 5.91 Å². The Morgan fingerprint density at radius 2 is 2.27 bits per heavy atom. The second kappa shape index (κ2) is 8.74. The summed E-state index contributed by atoms with van der Waals surface area (Å²) < 4.78 is 5.86. The number of para-hydroxylation sites is 1. The zero-order valence-electron chi connectivity index (χ0n) is 15.4. The molecule has 1 saturated heterocycles. The normalized spacial score (nSPS) is 18.3. The quantitative estimate of drug-likeness (QED) is 0.615. The van der Waals surface area contributed by atoms with Crippen LogP contribution in [0.15, 0.2) is 39.7 Å². The van der Waals surface area contributed by atoms with Crippen molar-refractivity contribution in [1.29, 1.82) is 0 Å². The first-order chi connectivity index (χ1) is 12.7. The summed E-state index contributed by atoms with van der Waals surface area (Å²) in [6.07, 6.45) is 3.33. The van der Waals surface area contributed by atoms with Crippen LogP contribution in [-0.2, 0) is 11.2 Å². The number of nitrogens with two attached hydrogens (primary N) is 1. The van der Waals surface area contributed by atoms with Crippen molar-refractivity contribution in [3.8, 4) is 0 Å². The molecule has 2 aromatic rings. The smallest absolute Gasteiger partial charge is 0.217 e. The molecule has 1 aromatic carbocycles. The van der Waals surface area contributed by atoms with Crippen LogP contribution in [-0.4, -0.2) is 42.9 Å². The van der Waals surface area contributed by atoms with E-state index in [2.05, 4.69) is 29.3 Å². The van der Waals surface area contributed by atoms with Gasteiger partial charge in [-0.2, -0.15) is 0 Å². The summed E-state index contributed by atoms with van der Waals surface area (Å²) in [5, 5.41) is 4.50. The van der Waals surface area contributed by atoms with Crippen LogP contribution in [0, 0.1) is 5.92 Å². The van der Waals surface area contributed by atoms with Gasteiger partial charge in [0.05, 0.1) is 0 Å². The molecule has 3 N–H and O–H groups in total. The van der Waals surface area contributed by atoms with E-state index in [1.54, 1.807) is 0 Å². The average molecular weight is 356 g/mol. The number of nitrogens with one attached hydrogen (secondary N) is 1. The average Bonchev–Trinajstić information content (AvgIpc) is 3.03. The first-order valence-electron chi connectivity index (χ1n) is 9.44. The van der Waals surface area contributed by atoms with Gasteiger partial charge in [0.25, 0.3) is 0 Å². The third-order valence-electron chi connectivity index (χ3n) is 4.74. The van der Waals surface area contributed by atoms with Gasteiger partial charge >= 0.3 is 0 Å². The maximum Gasteiger partial charge on any atom is 0.217 e. The van der Waals surface area contributed by atoms with Gasteiger partial charge in [0.2, 0.25) is 5.91 Å². The number of hydrogen-bond donors (Lipinski definition) is 2. The molecule has 0 radical (unpaired) electrons. The van der Waals surface area contributed by atoms with Gasteiger partial charge in [0.1, 0.15) is 11.3 Å². The van der Waals surface area contributed by atoms with Gasteiger partial charge < -0.3 is 20.4 Å². The highest BCUT2D eigenvalue weighted by atomic mass is 16.3. The van der Waals surface area contributed by atoms with Gasteiger partial charge in [-0.3, -0.25) is 9.79 Å². The van der Waals surface area contributed by atoms with Crippen LogP contribution in [0.2, 0.25) is 0 Å². The van der Waals surface area contributed by atoms with Crippen molar-refractivity contribution in [1.82, 2.24) is 10.2 Å². The Balaban J connectivity index is 1.61. The number of hydrogen-bond acceptors (Lipinski definition) is 3. The molecule has 1 atom stereocenters. The number of nitrogens with zero attached hydrogens (tertiary/aromatic N) is 2. The molecule has 0 spiro atoms. The van der Waals surface area contributed by atoms with Crippen molar-refractivity contribution < 1.29 is 9.21 Å². The highest BCUT2D eigenvalue weighted by Gasteiger charge is 2.23. The van der Waals surface area contributed by atoms with Crippen LogP contribution >= 0.6 is 0 Å². The van der Waals surface area contributed by atoms with Crippen molar-refractivity contribution in [3.05, 3.63) is 36.1 Å².